The minimum atomic E-state index is -0.698. The molecule has 1 saturated carbocycles. The van der Waals surface area contributed by atoms with Crippen molar-refractivity contribution in [1.82, 2.24) is 5.32 Å². The molecule has 1 aliphatic rings. The predicted molar refractivity (Wildman–Crippen MR) is 96.9 cm³/mol. The van der Waals surface area contributed by atoms with Gasteiger partial charge in [0.1, 0.15) is 0 Å². The Bertz CT molecular complexity index is 746. The van der Waals surface area contributed by atoms with E-state index in [9.17, 15) is 14.7 Å². The summed E-state index contributed by atoms with van der Waals surface area (Å²) in [6, 6.07) is 17.1. The Morgan fingerprint density at radius 2 is 1.68 bits per heavy atom. The summed E-state index contributed by atoms with van der Waals surface area (Å²) in [5.41, 5.74) is 2.41. The SMILES string of the molecule is O=C(NCC1CCCC1O)C(=O)Nc1ccccc1-c1ccccc1. The number of benzene rings is 2. The number of carbonyl (C=O) groups excluding carboxylic acids is 2. The molecule has 0 aliphatic heterocycles. The molecule has 0 spiro atoms. The number of hydrogen-bond donors (Lipinski definition) is 3. The molecule has 25 heavy (non-hydrogen) atoms. The highest BCUT2D eigenvalue weighted by atomic mass is 16.3. The van der Waals surface area contributed by atoms with Gasteiger partial charge < -0.3 is 15.7 Å². The third kappa shape index (κ3) is 4.25. The number of rotatable bonds is 4. The van der Waals surface area contributed by atoms with Crippen molar-refractivity contribution in [3.8, 4) is 11.1 Å². The van der Waals surface area contributed by atoms with E-state index in [2.05, 4.69) is 10.6 Å². The average molecular weight is 338 g/mol. The van der Waals surface area contributed by atoms with Crippen molar-refractivity contribution in [2.75, 3.05) is 11.9 Å². The summed E-state index contributed by atoms with van der Waals surface area (Å²) in [5.74, 6) is -1.34. The van der Waals surface area contributed by atoms with Crippen molar-refractivity contribution in [1.29, 1.82) is 0 Å². The molecule has 0 heterocycles. The molecule has 0 bridgehead atoms. The first kappa shape index (κ1) is 17.2. The fourth-order valence-electron chi connectivity index (χ4n) is 3.20. The molecule has 2 atom stereocenters. The number of anilines is 1. The van der Waals surface area contributed by atoms with Crippen molar-refractivity contribution in [2.24, 2.45) is 5.92 Å². The third-order valence-corrected chi connectivity index (χ3v) is 4.61. The molecular formula is C20H22N2O3. The van der Waals surface area contributed by atoms with Gasteiger partial charge in [-0.25, -0.2) is 0 Å². The van der Waals surface area contributed by atoms with Gasteiger partial charge in [0.2, 0.25) is 0 Å². The van der Waals surface area contributed by atoms with Gasteiger partial charge in [-0.05, 0) is 24.5 Å². The Labute approximate surface area is 147 Å². The molecule has 2 unspecified atom stereocenters. The maximum absolute atomic E-state index is 12.2. The van der Waals surface area contributed by atoms with E-state index in [4.69, 9.17) is 0 Å². The van der Waals surface area contributed by atoms with Gasteiger partial charge in [0.05, 0.1) is 6.10 Å². The van der Waals surface area contributed by atoms with Crippen molar-refractivity contribution < 1.29 is 14.7 Å². The topological polar surface area (TPSA) is 78.4 Å². The number of carbonyl (C=O) groups is 2. The zero-order valence-electron chi connectivity index (χ0n) is 13.9. The standard InChI is InChI=1S/C20H22N2O3/c23-18-12-6-9-15(18)13-21-19(24)20(25)22-17-11-5-4-10-16(17)14-7-2-1-3-8-14/h1-5,7-8,10-11,15,18,23H,6,9,12-13H2,(H,21,24)(H,22,25). The lowest BCUT2D eigenvalue weighted by atomic mass is 10.0. The minimum Gasteiger partial charge on any atom is -0.393 e. The largest absolute Gasteiger partial charge is 0.393 e. The Morgan fingerprint density at radius 3 is 2.40 bits per heavy atom. The number of para-hydroxylation sites is 1. The summed E-state index contributed by atoms with van der Waals surface area (Å²) < 4.78 is 0. The van der Waals surface area contributed by atoms with Crippen LogP contribution in [0.4, 0.5) is 5.69 Å². The molecule has 3 rings (SSSR count). The molecule has 1 aliphatic carbocycles. The van der Waals surface area contributed by atoms with E-state index >= 15 is 0 Å². The molecular weight excluding hydrogens is 316 g/mol. The number of amides is 2. The smallest absolute Gasteiger partial charge is 0.313 e. The van der Waals surface area contributed by atoms with Gasteiger partial charge in [0, 0.05) is 23.7 Å². The maximum atomic E-state index is 12.2. The van der Waals surface area contributed by atoms with Crippen molar-refractivity contribution in [3.05, 3.63) is 54.6 Å². The van der Waals surface area contributed by atoms with Gasteiger partial charge >= 0.3 is 11.8 Å². The number of aliphatic hydroxyl groups is 1. The summed E-state index contributed by atoms with van der Waals surface area (Å²) in [6.07, 6.45) is 2.21. The number of nitrogens with one attached hydrogen (secondary N) is 2. The van der Waals surface area contributed by atoms with Crippen LogP contribution in [0, 0.1) is 5.92 Å². The lowest BCUT2D eigenvalue weighted by Crippen LogP contribution is -2.39. The van der Waals surface area contributed by atoms with Gasteiger partial charge in [-0.3, -0.25) is 9.59 Å². The molecule has 0 radical (unpaired) electrons. The van der Waals surface area contributed by atoms with E-state index < -0.39 is 11.8 Å². The van der Waals surface area contributed by atoms with E-state index in [1.165, 1.54) is 0 Å². The summed E-state index contributed by atoms with van der Waals surface area (Å²) in [7, 11) is 0. The van der Waals surface area contributed by atoms with Crippen LogP contribution in [0.15, 0.2) is 54.6 Å². The van der Waals surface area contributed by atoms with Crippen molar-refractivity contribution in [2.45, 2.75) is 25.4 Å². The summed E-state index contributed by atoms with van der Waals surface area (Å²) in [5, 5.41) is 15.1. The van der Waals surface area contributed by atoms with E-state index in [0.29, 0.717) is 12.2 Å². The van der Waals surface area contributed by atoms with E-state index in [1.807, 2.05) is 48.5 Å². The van der Waals surface area contributed by atoms with E-state index in [-0.39, 0.29) is 12.0 Å². The quantitative estimate of drug-likeness (QED) is 0.750. The zero-order valence-corrected chi connectivity index (χ0v) is 13.9. The summed E-state index contributed by atoms with van der Waals surface area (Å²) in [6.45, 7) is 0.327. The highest BCUT2D eigenvalue weighted by Crippen LogP contribution is 2.27. The van der Waals surface area contributed by atoms with Crippen LogP contribution < -0.4 is 10.6 Å². The maximum Gasteiger partial charge on any atom is 0.313 e. The van der Waals surface area contributed by atoms with Crippen LogP contribution in [0.1, 0.15) is 19.3 Å². The van der Waals surface area contributed by atoms with Crippen LogP contribution in [0.2, 0.25) is 0 Å². The van der Waals surface area contributed by atoms with Gasteiger partial charge in [-0.1, -0.05) is 55.0 Å². The minimum absolute atomic E-state index is 0.0355. The first-order chi connectivity index (χ1) is 12.1. The van der Waals surface area contributed by atoms with Crippen molar-refractivity contribution >= 4 is 17.5 Å². The molecule has 1 fully saturated rings. The van der Waals surface area contributed by atoms with Gasteiger partial charge in [-0.15, -0.1) is 0 Å². The predicted octanol–water partition coefficient (Wildman–Crippen LogP) is 2.57. The Balaban J connectivity index is 1.64. The first-order valence-corrected chi connectivity index (χ1v) is 8.57. The second kappa shape index (κ2) is 7.94. The lowest BCUT2D eigenvalue weighted by molar-refractivity contribution is -0.136. The molecule has 2 aromatic rings. The fourth-order valence-corrected chi connectivity index (χ4v) is 3.20. The second-order valence-corrected chi connectivity index (χ2v) is 6.33. The Morgan fingerprint density at radius 1 is 0.960 bits per heavy atom. The monoisotopic (exact) mass is 338 g/mol. The van der Waals surface area contributed by atoms with Gasteiger partial charge in [-0.2, -0.15) is 0 Å². The molecule has 5 nitrogen and oxygen atoms in total. The second-order valence-electron chi connectivity index (χ2n) is 6.33. The molecule has 5 heteroatoms. The van der Waals surface area contributed by atoms with Crippen LogP contribution in [0.5, 0.6) is 0 Å². The highest BCUT2D eigenvalue weighted by molar-refractivity contribution is 6.39. The van der Waals surface area contributed by atoms with Crippen LogP contribution >= 0.6 is 0 Å². The highest BCUT2D eigenvalue weighted by Gasteiger charge is 2.26. The Hall–Kier alpha value is -2.66. The normalized spacial score (nSPS) is 19.4. The van der Waals surface area contributed by atoms with Crippen LogP contribution in [-0.2, 0) is 9.59 Å². The molecule has 0 aromatic heterocycles. The van der Waals surface area contributed by atoms with Crippen LogP contribution in [-0.4, -0.2) is 29.6 Å². The molecule has 2 aromatic carbocycles. The third-order valence-electron chi connectivity index (χ3n) is 4.61. The van der Waals surface area contributed by atoms with Gasteiger partial charge in [0.25, 0.3) is 0 Å². The van der Waals surface area contributed by atoms with Crippen molar-refractivity contribution in [3.63, 3.8) is 0 Å². The van der Waals surface area contributed by atoms with E-state index in [0.717, 1.165) is 30.4 Å². The van der Waals surface area contributed by atoms with E-state index in [1.54, 1.807) is 6.07 Å². The first-order valence-electron chi connectivity index (χ1n) is 8.57. The molecule has 0 saturated heterocycles. The van der Waals surface area contributed by atoms with Crippen LogP contribution in [0.25, 0.3) is 11.1 Å². The Kier molecular flexibility index (Phi) is 5.46. The fraction of sp³-hybridized carbons (Fsp3) is 0.300. The molecule has 2 amide bonds. The van der Waals surface area contributed by atoms with Crippen LogP contribution in [0.3, 0.4) is 0 Å². The lowest BCUT2D eigenvalue weighted by Gasteiger charge is -2.15. The number of hydrogen-bond acceptors (Lipinski definition) is 3. The number of aliphatic hydroxyl groups excluding tert-OH is 1. The zero-order chi connectivity index (χ0) is 17.6. The van der Waals surface area contributed by atoms with Gasteiger partial charge in [0.15, 0.2) is 0 Å². The summed E-state index contributed by atoms with van der Waals surface area (Å²) >= 11 is 0. The average Bonchev–Trinajstić information content (AvgIpc) is 3.05. The molecule has 130 valence electrons. The molecule has 3 N–H and O–H groups in total. The summed E-state index contributed by atoms with van der Waals surface area (Å²) in [4.78, 5) is 24.3.